The summed E-state index contributed by atoms with van der Waals surface area (Å²) in [5, 5.41) is 12.1. The normalized spacial score (nSPS) is 16.3. The molecule has 1 atom stereocenters. The molecule has 0 spiro atoms. The molecule has 0 fully saturated rings. The average Bonchev–Trinajstić information content (AvgIpc) is 2.76. The highest BCUT2D eigenvalue weighted by Gasteiger charge is 2.29. The molecule has 2 aromatic carbocycles. The van der Waals surface area contributed by atoms with Crippen molar-refractivity contribution in [2.75, 3.05) is 23.8 Å². The fraction of sp³-hybridized carbons (Fsp3) is 0.286. The standard InChI is InChI=1S/C21H22N4O2/c1-15-11-20(26)23-18-9-5-6-10-19(18)25(15)21(27)14-24(2)13-17-8-4-3-7-16(17)12-22/h3-10,15H,11,13-14H2,1-2H3,(H,23,26)/t15-/m1/s1. The van der Waals surface area contributed by atoms with E-state index in [9.17, 15) is 14.9 Å². The van der Waals surface area contributed by atoms with E-state index in [1.54, 1.807) is 17.0 Å². The molecular formula is C21H22N4O2. The van der Waals surface area contributed by atoms with Crippen LogP contribution in [0.2, 0.25) is 0 Å². The molecule has 0 aromatic heterocycles. The molecule has 3 rings (SSSR count). The molecule has 0 saturated carbocycles. The Morgan fingerprint density at radius 1 is 1.26 bits per heavy atom. The van der Waals surface area contributed by atoms with Crippen molar-refractivity contribution in [1.82, 2.24) is 4.90 Å². The van der Waals surface area contributed by atoms with Crippen LogP contribution in [0.15, 0.2) is 48.5 Å². The van der Waals surface area contributed by atoms with Crippen LogP contribution in [0, 0.1) is 11.3 Å². The Balaban J connectivity index is 1.78. The highest BCUT2D eigenvalue weighted by Crippen LogP contribution is 2.31. The zero-order chi connectivity index (χ0) is 19.4. The Hall–Kier alpha value is -3.17. The van der Waals surface area contributed by atoms with Crippen LogP contribution in [0.3, 0.4) is 0 Å². The maximum absolute atomic E-state index is 13.1. The Morgan fingerprint density at radius 3 is 2.74 bits per heavy atom. The van der Waals surface area contributed by atoms with Gasteiger partial charge in [-0.15, -0.1) is 0 Å². The van der Waals surface area contributed by atoms with Crippen molar-refractivity contribution in [1.29, 1.82) is 5.26 Å². The second-order valence-electron chi connectivity index (χ2n) is 6.82. The van der Waals surface area contributed by atoms with E-state index in [1.807, 2.05) is 55.3 Å². The van der Waals surface area contributed by atoms with Gasteiger partial charge < -0.3 is 10.2 Å². The first-order valence-electron chi connectivity index (χ1n) is 8.87. The van der Waals surface area contributed by atoms with E-state index in [1.165, 1.54) is 0 Å². The molecular weight excluding hydrogens is 340 g/mol. The number of carbonyl (C=O) groups excluding carboxylic acids is 2. The van der Waals surface area contributed by atoms with Gasteiger partial charge in [-0.3, -0.25) is 14.5 Å². The molecule has 0 saturated heterocycles. The van der Waals surface area contributed by atoms with E-state index >= 15 is 0 Å². The molecule has 2 aromatic rings. The zero-order valence-electron chi connectivity index (χ0n) is 15.5. The van der Waals surface area contributed by atoms with Crippen molar-refractivity contribution >= 4 is 23.2 Å². The number of anilines is 2. The summed E-state index contributed by atoms with van der Waals surface area (Å²) in [4.78, 5) is 28.7. The smallest absolute Gasteiger partial charge is 0.241 e. The molecule has 6 heteroatoms. The minimum atomic E-state index is -0.235. The molecule has 1 N–H and O–H groups in total. The summed E-state index contributed by atoms with van der Waals surface area (Å²) in [6, 6.07) is 16.7. The van der Waals surface area contributed by atoms with Gasteiger partial charge >= 0.3 is 0 Å². The van der Waals surface area contributed by atoms with Gasteiger partial charge in [-0.25, -0.2) is 0 Å². The molecule has 0 bridgehead atoms. The van der Waals surface area contributed by atoms with Gasteiger partial charge in [0, 0.05) is 19.0 Å². The fourth-order valence-electron chi connectivity index (χ4n) is 3.39. The molecule has 6 nitrogen and oxygen atoms in total. The molecule has 27 heavy (non-hydrogen) atoms. The van der Waals surface area contributed by atoms with E-state index in [-0.39, 0.29) is 30.8 Å². The molecule has 0 aliphatic carbocycles. The molecule has 1 heterocycles. The maximum atomic E-state index is 13.1. The first kappa shape index (κ1) is 18.6. The van der Waals surface area contributed by atoms with E-state index in [2.05, 4.69) is 11.4 Å². The second-order valence-corrected chi connectivity index (χ2v) is 6.82. The lowest BCUT2D eigenvalue weighted by molar-refractivity contribution is -0.120. The first-order chi connectivity index (χ1) is 13.0. The number of nitrogens with zero attached hydrogens (tertiary/aromatic N) is 3. The summed E-state index contributed by atoms with van der Waals surface area (Å²) in [6.45, 7) is 2.56. The number of nitriles is 1. The third-order valence-electron chi connectivity index (χ3n) is 4.61. The van der Waals surface area contributed by atoms with Gasteiger partial charge in [0.05, 0.1) is 29.6 Å². The number of hydrogen-bond donors (Lipinski definition) is 1. The van der Waals surface area contributed by atoms with Crippen molar-refractivity contribution in [3.63, 3.8) is 0 Å². The SMILES string of the molecule is C[C@@H]1CC(=O)Nc2ccccc2N1C(=O)CN(C)Cc1ccccc1C#N. The minimum absolute atomic E-state index is 0.0802. The maximum Gasteiger partial charge on any atom is 0.241 e. The highest BCUT2D eigenvalue weighted by atomic mass is 16.2. The van der Waals surface area contributed by atoms with Crippen molar-refractivity contribution in [3.8, 4) is 6.07 Å². The zero-order valence-corrected chi connectivity index (χ0v) is 15.5. The molecule has 0 unspecified atom stereocenters. The number of carbonyl (C=O) groups is 2. The van der Waals surface area contributed by atoms with Gasteiger partial charge in [0.1, 0.15) is 0 Å². The topological polar surface area (TPSA) is 76.4 Å². The fourth-order valence-corrected chi connectivity index (χ4v) is 3.39. The van der Waals surface area contributed by atoms with Crippen LogP contribution in [0.1, 0.15) is 24.5 Å². The van der Waals surface area contributed by atoms with Crippen molar-refractivity contribution in [2.24, 2.45) is 0 Å². The van der Waals surface area contributed by atoms with Gasteiger partial charge in [0.2, 0.25) is 11.8 Å². The van der Waals surface area contributed by atoms with Gasteiger partial charge in [0.25, 0.3) is 0 Å². The average molecular weight is 362 g/mol. The summed E-state index contributed by atoms with van der Waals surface area (Å²) >= 11 is 0. The summed E-state index contributed by atoms with van der Waals surface area (Å²) in [6.07, 6.45) is 0.251. The predicted octanol–water partition coefficient (Wildman–Crippen LogP) is 2.75. The van der Waals surface area contributed by atoms with Crippen LogP contribution < -0.4 is 10.2 Å². The van der Waals surface area contributed by atoms with E-state index in [0.717, 1.165) is 5.56 Å². The number of rotatable bonds is 4. The Kier molecular flexibility index (Phi) is 5.53. The molecule has 138 valence electrons. The van der Waals surface area contributed by atoms with E-state index in [4.69, 9.17) is 0 Å². The largest absolute Gasteiger partial charge is 0.324 e. The molecule has 0 radical (unpaired) electrons. The first-order valence-corrected chi connectivity index (χ1v) is 8.87. The number of para-hydroxylation sites is 2. The van der Waals surface area contributed by atoms with Crippen LogP contribution in [0.5, 0.6) is 0 Å². The summed E-state index contributed by atoms with van der Waals surface area (Å²) in [5.41, 5.74) is 2.86. The number of benzene rings is 2. The van der Waals surface area contributed by atoms with Gasteiger partial charge in [-0.1, -0.05) is 30.3 Å². The quantitative estimate of drug-likeness (QED) is 0.907. The number of fused-ring (bicyclic) bond motifs is 1. The minimum Gasteiger partial charge on any atom is -0.324 e. The van der Waals surface area contributed by atoms with Crippen LogP contribution in [-0.2, 0) is 16.1 Å². The third-order valence-corrected chi connectivity index (χ3v) is 4.61. The van der Waals surface area contributed by atoms with Crippen LogP contribution in [-0.4, -0.2) is 36.3 Å². The summed E-state index contributed by atoms with van der Waals surface area (Å²) in [5.74, 6) is -0.176. The molecule has 1 aliphatic rings. The van der Waals surface area contributed by atoms with E-state index < -0.39 is 0 Å². The second kappa shape index (κ2) is 8.02. The third kappa shape index (κ3) is 4.15. The summed E-state index contributed by atoms with van der Waals surface area (Å²) in [7, 11) is 1.85. The molecule has 2 amide bonds. The van der Waals surface area contributed by atoms with Gasteiger partial charge in [-0.2, -0.15) is 5.26 Å². The predicted molar refractivity (Wildman–Crippen MR) is 104 cm³/mol. The van der Waals surface area contributed by atoms with Crippen LogP contribution in [0.4, 0.5) is 11.4 Å². The van der Waals surface area contributed by atoms with Crippen molar-refractivity contribution in [2.45, 2.75) is 25.9 Å². The molecule has 1 aliphatic heterocycles. The Morgan fingerprint density at radius 2 is 1.96 bits per heavy atom. The van der Waals surface area contributed by atoms with Crippen molar-refractivity contribution in [3.05, 3.63) is 59.7 Å². The van der Waals surface area contributed by atoms with Crippen LogP contribution >= 0.6 is 0 Å². The number of hydrogen-bond acceptors (Lipinski definition) is 4. The number of amides is 2. The van der Waals surface area contributed by atoms with Crippen LogP contribution in [0.25, 0.3) is 0 Å². The summed E-state index contributed by atoms with van der Waals surface area (Å²) < 4.78 is 0. The van der Waals surface area contributed by atoms with Crippen molar-refractivity contribution < 1.29 is 9.59 Å². The number of nitrogens with one attached hydrogen (secondary N) is 1. The lowest BCUT2D eigenvalue weighted by Gasteiger charge is -2.29. The lowest BCUT2D eigenvalue weighted by atomic mass is 10.1. The lowest BCUT2D eigenvalue weighted by Crippen LogP contribution is -2.44. The van der Waals surface area contributed by atoms with Gasteiger partial charge in [-0.05, 0) is 37.7 Å². The number of likely N-dealkylation sites (N-methyl/N-ethyl adjacent to an activating group) is 1. The Labute approximate surface area is 159 Å². The monoisotopic (exact) mass is 362 g/mol. The van der Waals surface area contributed by atoms with E-state index in [0.29, 0.717) is 23.5 Å². The Bertz CT molecular complexity index is 903. The highest BCUT2D eigenvalue weighted by molar-refractivity contribution is 6.04. The van der Waals surface area contributed by atoms with Gasteiger partial charge in [0.15, 0.2) is 0 Å².